The van der Waals surface area contributed by atoms with Crippen molar-refractivity contribution in [3.8, 4) is 5.75 Å². The van der Waals surface area contributed by atoms with Crippen LogP contribution >= 0.6 is 0 Å². The monoisotopic (exact) mass is 293 g/mol. The Labute approximate surface area is 125 Å². The van der Waals surface area contributed by atoms with Crippen LogP contribution in [0, 0.1) is 0 Å². The van der Waals surface area contributed by atoms with Crippen molar-refractivity contribution in [1.29, 1.82) is 0 Å². The summed E-state index contributed by atoms with van der Waals surface area (Å²) in [7, 11) is 0. The molecular formula is C15H23N3O3. The third-order valence-corrected chi connectivity index (χ3v) is 2.83. The number of primary amides is 1. The van der Waals surface area contributed by atoms with E-state index in [2.05, 4.69) is 10.6 Å². The lowest BCUT2D eigenvalue weighted by atomic mass is 10.2. The molecule has 6 heteroatoms. The van der Waals surface area contributed by atoms with Gasteiger partial charge in [-0.25, -0.2) is 4.79 Å². The number of anilines is 1. The van der Waals surface area contributed by atoms with Crippen molar-refractivity contribution in [2.45, 2.75) is 32.6 Å². The van der Waals surface area contributed by atoms with Crippen molar-refractivity contribution < 1.29 is 14.3 Å². The lowest BCUT2D eigenvalue weighted by Crippen LogP contribution is -2.29. The van der Waals surface area contributed by atoms with E-state index in [0.717, 1.165) is 30.7 Å². The minimum Gasteiger partial charge on any atom is -0.494 e. The fourth-order valence-corrected chi connectivity index (χ4v) is 1.82. The van der Waals surface area contributed by atoms with Crippen LogP contribution in [0.2, 0.25) is 0 Å². The molecule has 0 saturated heterocycles. The molecule has 0 spiro atoms. The highest BCUT2D eigenvalue weighted by Crippen LogP contribution is 2.16. The SMILES string of the molecule is CCOc1ccc(NC(=O)CCCCCNC(N)=O)cc1. The smallest absolute Gasteiger partial charge is 0.312 e. The zero-order valence-corrected chi connectivity index (χ0v) is 12.4. The second-order valence-electron chi connectivity index (χ2n) is 4.61. The van der Waals surface area contributed by atoms with Crippen molar-refractivity contribution in [2.75, 3.05) is 18.5 Å². The number of ether oxygens (including phenoxy) is 1. The van der Waals surface area contributed by atoms with Crippen LogP contribution in [0.3, 0.4) is 0 Å². The molecule has 1 aromatic carbocycles. The number of benzene rings is 1. The average molecular weight is 293 g/mol. The second-order valence-corrected chi connectivity index (χ2v) is 4.61. The van der Waals surface area contributed by atoms with Gasteiger partial charge in [-0.1, -0.05) is 6.42 Å². The van der Waals surface area contributed by atoms with Gasteiger partial charge in [-0.05, 0) is 44.0 Å². The molecule has 0 atom stereocenters. The molecule has 0 radical (unpaired) electrons. The van der Waals surface area contributed by atoms with Crippen molar-refractivity contribution in [1.82, 2.24) is 5.32 Å². The number of hydrogen-bond donors (Lipinski definition) is 3. The summed E-state index contributed by atoms with van der Waals surface area (Å²) in [6.07, 6.45) is 2.93. The number of unbranched alkanes of at least 4 members (excludes halogenated alkanes) is 2. The molecule has 1 aromatic rings. The van der Waals surface area contributed by atoms with Gasteiger partial charge < -0.3 is 21.1 Å². The fraction of sp³-hybridized carbons (Fsp3) is 0.467. The fourth-order valence-electron chi connectivity index (χ4n) is 1.82. The highest BCUT2D eigenvalue weighted by atomic mass is 16.5. The first kappa shape index (κ1) is 16.8. The first-order valence-corrected chi connectivity index (χ1v) is 7.18. The number of amides is 3. The molecule has 0 aliphatic carbocycles. The van der Waals surface area contributed by atoms with Gasteiger partial charge in [0, 0.05) is 18.7 Å². The molecular weight excluding hydrogens is 270 g/mol. The number of carbonyl (C=O) groups excluding carboxylic acids is 2. The predicted octanol–water partition coefficient (Wildman–Crippen LogP) is 2.25. The van der Waals surface area contributed by atoms with Gasteiger partial charge in [-0.3, -0.25) is 4.79 Å². The van der Waals surface area contributed by atoms with Gasteiger partial charge in [-0.2, -0.15) is 0 Å². The van der Waals surface area contributed by atoms with E-state index in [-0.39, 0.29) is 5.91 Å². The highest BCUT2D eigenvalue weighted by Gasteiger charge is 2.02. The highest BCUT2D eigenvalue weighted by molar-refractivity contribution is 5.90. The van der Waals surface area contributed by atoms with Crippen molar-refractivity contribution in [2.24, 2.45) is 5.73 Å². The molecule has 3 amide bonds. The summed E-state index contributed by atoms with van der Waals surface area (Å²) in [5.74, 6) is 0.777. The van der Waals surface area contributed by atoms with Crippen LogP contribution in [0.5, 0.6) is 5.75 Å². The summed E-state index contributed by atoms with van der Waals surface area (Å²) in [6, 6.07) is 6.78. The number of nitrogens with two attached hydrogens (primary N) is 1. The zero-order valence-electron chi connectivity index (χ0n) is 12.4. The maximum Gasteiger partial charge on any atom is 0.312 e. The lowest BCUT2D eigenvalue weighted by molar-refractivity contribution is -0.116. The molecule has 0 unspecified atom stereocenters. The topological polar surface area (TPSA) is 93.4 Å². The van der Waals surface area contributed by atoms with Gasteiger partial charge in [0.2, 0.25) is 5.91 Å². The molecule has 0 bridgehead atoms. The summed E-state index contributed by atoms with van der Waals surface area (Å²) in [5.41, 5.74) is 5.71. The Morgan fingerprint density at radius 1 is 1.14 bits per heavy atom. The van der Waals surface area contributed by atoms with Gasteiger partial charge in [0.25, 0.3) is 0 Å². The van der Waals surface area contributed by atoms with E-state index >= 15 is 0 Å². The third-order valence-electron chi connectivity index (χ3n) is 2.83. The summed E-state index contributed by atoms with van der Waals surface area (Å²) < 4.78 is 5.33. The Balaban J connectivity index is 2.16. The molecule has 0 fully saturated rings. The Hall–Kier alpha value is -2.24. The minimum atomic E-state index is -0.511. The van der Waals surface area contributed by atoms with Gasteiger partial charge in [-0.15, -0.1) is 0 Å². The van der Waals surface area contributed by atoms with E-state index in [9.17, 15) is 9.59 Å². The predicted molar refractivity (Wildman–Crippen MR) is 82.3 cm³/mol. The molecule has 4 N–H and O–H groups in total. The zero-order chi connectivity index (χ0) is 15.5. The minimum absolute atomic E-state index is 0.0120. The number of nitrogens with one attached hydrogen (secondary N) is 2. The number of hydrogen-bond acceptors (Lipinski definition) is 3. The second kappa shape index (κ2) is 9.63. The number of carbonyl (C=O) groups is 2. The molecule has 116 valence electrons. The van der Waals surface area contributed by atoms with Crippen molar-refractivity contribution in [3.63, 3.8) is 0 Å². The van der Waals surface area contributed by atoms with Gasteiger partial charge in [0.05, 0.1) is 6.61 Å². The van der Waals surface area contributed by atoms with Crippen LogP contribution in [0.1, 0.15) is 32.6 Å². The molecule has 0 aromatic heterocycles. The standard InChI is InChI=1S/C15H23N3O3/c1-2-21-13-9-7-12(8-10-13)18-14(19)6-4-3-5-11-17-15(16)20/h7-10H,2-6,11H2,1H3,(H,18,19)(H3,16,17,20). The quantitative estimate of drug-likeness (QED) is 0.610. The van der Waals surface area contributed by atoms with Gasteiger partial charge >= 0.3 is 6.03 Å². The summed E-state index contributed by atoms with van der Waals surface area (Å²) in [4.78, 5) is 22.2. The Bertz CT molecular complexity index is 446. The molecule has 1 rings (SSSR count). The molecule has 21 heavy (non-hydrogen) atoms. The van der Waals surface area contributed by atoms with Gasteiger partial charge in [0.15, 0.2) is 0 Å². The first-order valence-electron chi connectivity index (χ1n) is 7.18. The maximum absolute atomic E-state index is 11.7. The Kier molecular flexibility index (Phi) is 7.71. The first-order chi connectivity index (χ1) is 10.1. The lowest BCUT2D eigenvalue weighted by Gasteiger charge is -2.07. The number of urea groups is 1. The van der Waals surface area contributed by atoms with E-state index in [4.69, 9.17) is 10.5 Å². The molecule has 6 nitrogen and oxygen atoms in total. The third kappa shape index (κ3) is 7.81. The maximum atomic E-state index is 11.7. The van der Waals surface area contributed by atoms with Crippen LogP contribution in [0.25, 0.3) is 0 Å². The summed E-state index contributed by atoms with van der Waals surface area (Å²) >= 11 is 0. The Morgan fingerprint density at radius 2 is 1.86 bits per heavy atom. The van der Waals surface area contributed by atoms with E-state index in [1.54, 1.807) is 0 Å². The summed E-state index contributed by atoms with van der Waals surface area (Å²) in [5, 5.41) is 5.35. The molecule has 0 aliphatic rings. The van der Waals surface area contributed by atoms with Crippen LogP contribution in [-0.2, 0) is 4.79 Å². The normalized spacial score (nSPS) is 9.95. The van der Waals surface area contributed by atoms with Crippen LogP contribution in [0.4, 0.5) is 10.5 Å². The van der Waals surface area contributed by atoms with Gasteiger partial charge in [0.1, 0.15) is 5.75 Å². The van der Waals surface area contributed by atoms with E-state index in [1.165, 1.54) is 0 Å². The summed E-state index contributed by atoms with van der Waals surface area (Å²) in [6.45, 7) is 3.10. The van der Waals surface area contributed by atoms with Crippen molar-refractivity contribution in [3.05, 3.63) is 24.3 Å². The van der Waals surface area contributed by atoms with Crippen LogP contribution in [-0.4, -0.2) is 25.1 Å². The largest absolute Gasteiger partial charge is 0.494 e. The van der Waals surface area contributed by atoms with Crippen molar-refractivity contribution >= 4 is 17.6 Å². The van der Waals surface area contributed by atoms with Crippen LogP contribution in [0.15, 0.2) is 24.3 Å². The van der Waals surface area contributed by atoms with Crippen LogP contribution < -0.4 is 21.1 Å². The van der Waals surface area contributed by atoms with E-state index in [0.29, 0.717) is 19.6 Å². The van der Waals surface area contributed by atoms with E-state index < -0.39 is 6.03 Å². The molecule has 0 heterocycles. The number of rotatable bonds is 9. The molecule has 0 saturated carbocycles. The Morgan fingerprint density at radius 3 is 2.48 bits per heavy atom. The average Bonchev–Trinajstić information content (AvgIpc) is 2.45. The van der Waals surface area contributed by atoms with E-state index in [1.807, 2.05) is 31.2 Å². The molecule has 0 aliphatic heterocycles.